The molecule has 1 aliphatic rings. The van der Waals surface area contributed by atoms with Crippen LogP contribution in [0, 0.1) is 0 Å². The van der Waals surface area contributed by atoms with Crippen LogP contribution in [0.3, 0.4) is 0 Å². The highest BCUT2D eigenvalue weighted by molar-refractivity contribution is 9.10. The van der Waals surface area contributed by atoms with Crippen LogP contribution in [0.1, 0.15) is 0 Å². The van der Waals surface area contributed by atoms with Gasteiger partial charge in [-0.3, -0.25) is 4.72 Å². The monoisotopic (exact) mass is 361 g/mol. The average molecular weight is 362 g/mol. The second-order valence-electron chi connectivity index (χ2n) is 3.76. The molecule has 0 aliphatic carbocycles. The van der Waals surface area contributed by atoms with Gasteiger partial charge in [0.25, 0.3) is 10.0 Å². The van der Waals surface area contributed by atoms with Crippen LogP contribution >= 0.6 is 27.3 Å². The lowest BCUT2D eigenvalue weighted by molar-refractivity contribution is 0.174. The Kier molecular flexibility index (Phi) is 3.15. The summed E-state index contributed by atoms with van der Waals surface area (Å²) in [5.41, 5.74) is 0.439. The van der Waals surface area contributed by atoms with E-state index in [1.165, 1.54) is 0 Å². The molecule has 0 saturated heterocycles. The van der Waals surface area contributed by atoms with Crippen molar-refractivity contribution in [2.45, 2.75) is 4.21 Å². The van der Waals surface area contributed by atoms with Crippen LogP contribution in [-0.2, 0) is 10.0 Å². The van der Waals surface area contributed by atoms with E-state index in [1.54, 1.807) is 29.6 Å². The highest BCUT2D eigenvalue weighted by Crippen LogP contribution is 2.35. The molecule has 0 saturated carbocycles. The number of fused-ring (bicyclic) bond motifs is 1. The van der Waals surface area contributed by atoms with Crippen molar-refractivity contribution in [1.29, 1.82) is 0 Å². The van der Waals surface area contributed by atoms with Gasteiger partial charge in [-0.15, -0.1) is 11.3 Å². The third kappa shape index (κ3) is 2.56. The standard InChI is InChI=1S/C11H8BrNO4S2/c12-7-3-11(18-5-7)19(14,15)13-8-1-2-9-10(4-8)17-6-16-9/h1-5,13H,6H2. The Balaban J connectivity index is 1.89. The van der Waals surface area contributed by atoms with Gasteiger partial charge in [-0.25, -0.2) is 8.42 Å². The Morgan fingerprint density at radius 3 is 2.74 bits per heavy atom. The molecule has 0 spiro atoms. The molecule has 2 aromatic rings. The van der Waals surface area contributed by atoms with E-state index in [2.05, 4.69) is 20.7 Å². The van der Waals surface area contributed by atoms with E-state index in [0.29, 0.717) is 17.2 Å². The molecule has 5 nitrogen and oxygen atoms in total. The second kappa shape index (κ2) is 4.69. The SMILES string of the molecule is O=S(=O)(Nc1ccc2c(c1)OCO2)c1cc(Br)cs1. The zero-order valence-electron chi connectivity index (χ0n) is 9.42. The van der Waals surface area contributed by atoms with E-state index in [0.717, 1.165) is 15.8 Å². The fourth-order valence-electron chi connectivity index (χ4n) is 1.60. The molecule has 2 heterocycles. The largest absolute Gasteiger partial charge is 0.454 e. The summed E-state index contributed by atoms with van der Waals surface area (Å²) in [5.74, 6) is 1.15. The van der Waals surface area contributed by atoms with Crippen molar-refractivity contribution in [3.63, 3.8) is 0 Å². The summed E-state index contributed by atoms with van der Waals surface area (Å²) in [6.07, 6.45) is 0. The van der Waals surface area contributed by atoms with Crippen LogP contribution in [0.25, 0.3) is 0 Å². The third-order valence-electron chi connectivity index (χ3n) is 2.43. The molecule has 0 unspecified atom stereocenters. The van der Waals surface area contributed by atoms with Gasteiger partial charge >= 0.3 is 0 Å². The van der Waals surface area contributed by atoms with E-state index < -0.39 is 10.0 Å². The molecule has 3 rings (SSSR count). The lowest BCUT2D eigenvalue weighted by Gasteiger charge is -2.06. The van der Waals surface area contributed by atoms with Gasteiger partial charge in [0.05, 0.1) is 5.69 Å². The molecule has 0 bridgehead atoms. The molecule has 1 aromatic heterocycles. The number of hydrogen-bond donors (Lipinski definition) is 1. The first-order valence-corrected chi connectivity index (χ1v) is 8.37. The molecule has 1 aromatic carbocycles. The van der Waals surface area contributed by atoms with Crippen molar-refractivity contribution in [2.75, 3.05) is 11.5 Å². The highest BCUT2D eigenvalue weighted by Gasteiger charge is 2.19. The molecule has 1 N–H and O–H groups in total. The van der Waals surface area contributed by atoms with Crippen molar-refractivity contribution in [3.05, 3.63) is 34.1 Å². The van der Waals surface area contributed by atoms with Crippen molar-refractivity contribution >= 4 is 43.0 Å². The van der Waals surface area contributed by atoms with Crippen molar-refractivity contribution in [1.82, 2.24) is 0 Å². The summed E-state index contributed by atoms with van der Waals surface area (Å²) in [6.45, 7) is 0.156. The summed E-state index contributed by atoms with van der Waals surface area (Å²) >= 11 is 4.38. The molecule has 100 valence electrons. The average Bonchev–Trinajstić information content (AvgIpc) is 2.96. The van der Waals surface area contributed by atoms with Gasteiger partial charge in [-0.2, -0.15) is 0 Å². The summed E-state index contributed by atoms with van der Waals surface area (Å²) in [4.78, 5) is 0. The number of halogens is 1. The van der Waals surface area contributed by atoms with Crippen LogP contribution in [0.15, 0.2) is 38.3 Å². The predicted octanol–water partition coefficient (Wildman–Crippen LogP) is 3.04. The number of nitrogens with one attached hydrogen (secondary N) is 1. The molecule has 0 amide bonds. The molecule has 0 radical (unpaired) electrons. The van der Waals surface area contributed by atoms with Gasteiger partial charge in [-0.1, -0.05) is 0 Å². The lowest BCUT2D eigenvalue weighted by Crippen LogP contribution is -2.11. The van der Waals surface area contributed by atoms with Crippen LogP contribution in [-0.4, -0.2) is 15.2 Å². The quantitative estimate of drug-likeness (QED) is 0.912. The number of thiophene rings is 1. The van der Waals surface area contributed by atoms with Gasteiger partial charge < -0.3 is 9.47 Å². The smallest absolute Gasteiger partial charge is 0.271 e. The number of rotatable bonds is 3. The van der Waals surface area contributed by atoms with E-state index in [9.17, 15) is 8.42 Å². The van der Waals surface area contributed by atoms with Crippen LogP contribution < -0.4 is 14.2 Å². The summed E-state index contributed by atoms with van der Waals surface area (Å²) in [5, 5.41) is 1.72. The number of hydrogen-bond acceptors (Lipinski definition) is 5. The minimum atomic E-state index is -3.57. The Morgan fingerprint density at radius 1 is 1.21 bits per heavy atom. The number of anilines is 1. The lowest BCUT2D eigenvalue weighted by atomic mass is 10.3. The fourth-order valence-corrected chi connectivity index (χ4v) is 4.50. The van der Waals surface area contributed by atoms with Gasteiger partial charge in [-0.05, 0) is 34.1 Å². The van der Waals surface area contributed by atoms with Crippen molar-refractivity contribution in [3.8, 4) is 11.5 Å². The number of ether oxygens (including phenoxy) is 2. The maximum absolute atomic E-state index is 12.1. The van der Waals surface area contributed by atoms with E-state index >= 15 is 0 Å². The molecule has 0 atom stereocenters. The van der Waals surface area contributed by atoms with Crippen molar-refractivity contribution in [2.24, 2.45) is 0 Å². The zero-order valence-corrected chi connectivity index (χ0v) is 12.6. The first-order valence-electron chi connectivity index (χ1n) is 5.21. The first kappa shape index (κ1) is 12.8. The van der Waals surface area contributed by atoms with Gasteiger partial charge in [0.2, 0.25) is 6.79 Å². The van der Waals surface area contributed by atoms with Crippen molar-refractivity contribution < 1.29 is 17.9 Å². The molecule has 1 aliphatic heterocycles. The summed E-state index contributed by atoms with van der Waals surface area (Å²) < 4.78 is 38.1. The van der Waals surface area contributed by atoms with Crippen LogP contribution in [0.5, 0.6) is 11.5 Å². The summed E-state index contributed by atoms with van der Waals surface area (Å²) in [6, 6.07) is 6.46. The minimum Gasteiger partial charge on any atom is -0.454 e. The normalized spacial score (nSPS) is 13.5. The number of sulfonamides is 1. The van der Waals surface area contributed by atoms with E-state index in [1.807, 2.05) is 0 Å². The molecule has 19 heavy (non-hydrogen) atoms. The molecule has 0 fully saturated rings. The Hall–Kier alpha value is -1.25. The molecular weight excluding hydrogens is 354 g/mol. The molecule has 8 heteroatoms. The fraction of sp³-hybridized carbons (Fsp3) is 0.0909. The van der Waals surface area contributed by atoms with E-state index in [-0.39, 0.29) is 11.0 Å². The maximum Gasteiger partial charge on any atom is 0.271 e. The van der Waals surface area contributed by atoms with Gasteiger partial charge in [0.15, 0.2) is 11.5 Å². The third-order valence-corrected chi connectivity index (χ3v) is 6.01. The Labute approximate surface area is 122 Å². The van der Waals surface area contributed by atoms with Gasteiger partial charge in [0.1, 0.15) is 4.21 Å². The Bertz CT molecular complexity index is 726. The first-order chi connectivity index (χ1) is 9.04. The maximum atomic E-state index is 12.1. The van der Waals surface area contributed by atoms with Crippen LogP contribution in [0.2, 0.25) is 0 Å². The minimum absolute atomic E-state index is 0.156. The highest BCUT2D eigenvalue weighted by atomic mass is 79.9. The summed E-state index contributed by atoms with van der Waals surface area (Å²) in [7, 11) is -3.57. The predicted molar refractivity (Wildman–Crippen MR) is 75.4 cm³/mol. The topological polar surface area (TPSA) is 64.6 Å². The second-order valence-corrected chi connectivity index (χ2v) is 7.49. The Morgan fingerprint density at radius 2 is 2.00 bits per heavy atom. The number of benzene rings is 1. The zero-order chi connectivity index (χ0) is 13.5. The van der Waals surface area contributed by atoms with Crippen LogP contribution in [0.4, 0.5) is 5.69 Å². The molecular formula is C11H8BrNO4S2. The van der Waals surface area contributed by atoms with E-state index in [4.69, 9.17) is 9.47 Å². The van der Waals surface area contributed by atoms with Gasteiger partial charge in [0, 0.05) is 15.9 Å².